The largest absolute Gasteiger partial charge is 0.347 e. The van der Waals surface area contributed by atoms with Crippen molar-refractivity contribution in [2.75, 3.05) is 13.1 Å². The van der Waals surface area contributed by atoms with Crippen LogP contribution < -0.4 is 5.32 Å². The van der Waals surface area contributed by atoms with E-state index < -0.39 is 0 Å². The van der Waals surface area contributed by atoms with E-state index in [0.717, 1.165) is 19.4 Å². The molecule has 1 unspecified atom stereocenters. The fraction of sp³-hybridized carbons (Fsp3) is 0.846. The van der Waals surface area contributed by atoms with Gasteiger partial charge in [-0.05, 0) is 25.2 Å². The first-order chi connectivity index (χ1) is 7.79. The highest BCUT2D eigenvalue weighted by Crippen LogP contribution is 2.18. The Morgan fingerprint density at radius 2 is 2.00 bits per heavy atom. The zero-order valence-corrected chi connectivity index (χ0v) is 11.4. The standard InChI is InChI=1S/C13H24N2O2/c1-10-6-5-7-15(10)12(17)9-14-11(16)8-13(2,3)4/h10H,5-9H2,1-4H3,(H,14,16). The van der Waals surface area contributed by atoms with Crippen molar-refractivity contribution in [1.82, 2.24) is 10.2 Å². The third-order valence-electron chi connectivity index (χ3n) is 3.00. The quantitative estimate of drug-likeness (QED) is 0.813. The van der Waals surface area contributed by atoms with Gasteiger partial charge < -0.3 is 10.2 Å². The molecule has 0 aromatic carbocycles. The van der Waals surface area contributed by atoms with E-state index in [4.69, 9.17) is 0 Å². The molecule has 0 radical (unpaired) electrons. The van der Waals surface area contributed by atoms with Crippen LogP contribution in [0.5, 0.6) is 0 Å². The maximum absolute atomic E-state index is 11.8. The Bertz CT molecular complexity index is 294. The maximum atomic E-state index is 11.8. The molecule has 1 heterocycles. The number of nitrogens with one attached hydrogen (secondary N) is 1. The van der Waals surface area contributed by atoms with Gasteiger partial charge in [-0.15, -0.1) is 0 Å². The van der Waals surface area contributed by atoms with Crippen molar-refractivity contribution in [1.29, 1.82) is 0 Å². The lowest BCUT2D eigenvalue weighted by Gasteiger charge is -2.22. The molecule has 1 N–H and O–H groups in total. The SMILES string of the molecule is CC1CCCN1C(=O)CNC(=O)CC(C)(C)C. The van der Waals surface area contributed by atoms with E-state index in [1.807, 2.05) is 25.7 Å². The van der Waals surface area contributed by atoms with Gasteiger partial charge >= 0.3 is 0 Å². The highest BCUT2D eigenvalue weighted by atomic mass is 16.2. The lowest BCUT2D eigenvalue weighted by molar-refractivity contribution is -0.133. The number of nitrogens with zero attached hydrogens (tertiary/aromatic N) is 1. The fourth-order valence-corrected chi connectivity index (χ4v) is 2.12. The van der Waals surface area contributed by atoms with E-state index in [0.29, 0.717) is 12.5 Å². The Hall–Kier alpha value is -1.06. The Balaban J connectivity index is 2.31. The summed E-state index contributed by atoms with van der Waals surface area (Å²) in [5, 5.41) is 2.71. The van der Waals surface area contributed by atoms with Gasteiger partial charge in [0.05, 0.1) is 6.54 Å². The van der Waals surface area contributed by atoms with Crippen molar-refractivity contribution < 1.29 is 9.59 Å². The average Bonchev–Trinajstić information content (AvgIpc) is 2.58. The lowest BCUT2D eigenvalue weighted by Crippen LogP contribution is -2.42. The molecule has 0 aliphatic carbocycles. The van der Waals surface area contributed by atoms with Gasteiger partial charge in [-0.3, -0.25) is 9.59 Å². The molecular weight excluding hydrogens is 216 g/mol. The second-order valence-electron chi connectivity index (χ2n) is 6.09. The first-order valence-corrected chi connectivity index (χ1v) is 6.36. The fourth-order valence-electron chi connectivity index (χ4n) is 2.12. The molecule has 2 amide bonds. The third kappa shape index (κ3) is 4.75. The molecule has 1 aliphatic heterocycles. The first kappa shape index (κ1) is 14.0. The molecular formula is C13H24N2O2. The predicted octanol–water partition coefficient (Wildman–Crippen LogP) is 1.55. The van der Waals surface area contributed by atoms with E-state index in [-0.39, 0.29) is 23.8 Å². The molecule has 17 heavy (non-hydrogen) atoms. The first-order valence-electron chi connectivity index (χ1n) is 6.36. The minimum Gasteiger partial charge on any atom is -0.347 e. The molecule has 98 valence electrons. The summed E-state index contributed by atoms with van der Waals surface area (Å²) in [6.07, 6.45) is 2.60. The summed E-state index contributed by atoms with van der Waals surface area (Å²) < 4.78 is 0. The molecule has 0 saturated carbocycles. The summed E-state index contributed by atoms with van der Waals surface area (Å²) in [4.78, 5) is 25.3. The van der Waals surface area contributed by atoms with Crippen LogP contribution in [0.4, 0.5) is 0 Å². The Kier molecular flexibility index (Phi) is 4.54. The number of likely N-dealkylation sites (tertiary alicyclic amines) is 1. The monoisotopic (exact) mass is 240 g/mol. The van der Waals surface area contributed by atoms with Gasteiger partial charge in [0.15, 0.2) is 0 Å². The summed E-state index contributed by atoms with van der Waals surface area (Å²) in [6.45, 7) is 9.06. The Morgan fingerprint density at radius 3 is 2.47 bits per heavy atom. The predicted molar refractivity (Wildman–Crippen MR) is 67.5 cm³/mol. The van der Waals surface area contributed by atoms with Crippen LogP contribution in [-0.2, 0) is 9.59 Å². The van der Waals surface area contributed by atoms with Crippen molar-refractivity contribution in [3.8, 4) is 0 Å². The van der Waals surface area contributed by atoms with Gasteiger partial charge in [0.25, 0.3) is 0 Å². The Labute approximate surface area is 104 Å². The molecule has 1 fully saturated rings. The minimum absolute atomic E-state index is 0.0337. The number of hydrogen-bond donors (Lipinski definition) is 1. The molecule has 4 nitrogen and oxygen atoms in total. The van der Waals surface area contributed by atoms with Crippen molar-refractivity contribution in [3.63, 3.8) is 0 Å². The molecule has 1 aliphatic rings. The van der Waals surface area contributed by atoms with Crippen LogP contribution in [0, 0.1) is 5.41 Å². The summed E-state index contributed by atoms with van der Waals surface area (Å²) in [6, 6.07) is 0.321. The number of amides is 2. The van der Waals surface area contributed by atoms with Crippen LogP contribution >= 0.6 is 0 Å². The van der Waals surface area contributed by atoms with E-state index in [9.17, 15) is 9.59 Å². The van der Waals surface area contributed by atoms with Gasteiger partial charge in [-0.1, -0.05) is 20.8 Å². The van der Waals surface area contributed by atoms with Crippen LogP contribution in [0.3, 0.4) is 0 Å². The number of hydrogen-bond acceptors (Lipinski definition) is 2. The zero-order valence-electron chi connectivity index (χ0n) is 11.4. The molecule has 4 heteroatoms. The van der Waals surface area contributed by atoms with Crippen molar-refractivity contribution >= 4 is 11.8 Å². The maximum Gasteiger partial charge on any atom is 0.242 e. The van der Waals surface area contributed by atoms with Crippen LogP contribution in [0.1, 0.15) is 47.0 Å². The summed E-state index contributed by atoms with van der Waals surface area (Å²) >= 11 is 0. The lowest BCUT2D eigenvalue weighted by atomic mass is 9.92. The van der Waals surface area contributed by atoms with Crippen molar-refractivity contribution in [2.45, 2.75) is 53.0 Å². The van der Waals surface area contributed by atoms with E-state index >= 15 is 0 Å². The number of carbonyl (C=O) groups is 2. The van der Waals surface area contributed by atoms with Gasteiger partial charge in [-0.2, -0.15) is 0 Å². The van der Waals surface area contributed by atoms with Crippen molar-refractivity contribution in [3.05, 3.63) is 0 Å². The topological polar surface area (TPSA) is 49.4 Å². The van der Waals surface area contributed by atoms with Crippen LogP contribution in [0.25, 0.3) is 0 Å². The molecule has 1 saturated heterocycles. The number of rotatable bonds is 3. The smallest absolute Gasteiger partial charge is 0.242 e. The van der Waals surface area contributed by atoms with Crippen LogP contribution in [0.2, 0.25) is 0 Å². The molecule has 1 atom stereocenters. The number of carbonyl (C=O) groups excluding carboxylic acids is 2. The van der Waals surface area contributed by atoms with Crippen LogP contribution in [0.15, 0.2) is 0 Å². The second kappa shape index (κ2) is 5.52. The van der Waals surface area contributed by atoms with E-state index in [1.54, 1.807) is 0 Å². The summed E-state index contributed by atoms with van der Waals surface area (Å²) in [7, 11) is 0. The molecule has 0 spiro atoms. The van der Waals surface area contributed by atoms with Gasteiger partial charge in [0.2, 0.25) is 11.8 Å². The molecule has 0 aromatic rings. The summed E-state index contributed by atoms with van der Waals surface area (Å²) in [5.41, 5.74) is -0.0337. The third-order valence-corrected chi connectivity index (χ3v) is 3.00. The molecule has 0 aromatic heterocycles. The highest BCUT2D eigenvalue weighted by Gasteiger charge is 2.25. The van der Waals surface area contributed by atoms with Crippen LogP contribution in [-0.4, -0.2) is 35.8 Å². The van der Waals surface area contributed by atoms with Gasteiger partial charge in [0, 0.05) is 19.0 Å². The van der Waals surface area contributed by atoms with Crippen molar-refractivity contribution in [2.24, 2.45) is 5.41 Å². The van der Waals surface area contributed by atoms with E-state index in [1.165, 1.54) is 0 Å². The normalized spacial score (nSPS) is 20.5. The van der Waals surface area contributed by atoms with Gasteiger partial charge in [-0.25, -0.2) is 0 Å². The minimum atomic E-state index is -0.0438. The highest BCUT2D eigenvalue weighted by molar-refractivity contribution is 5.85. The molecule has 1 rings (SSSR count). The van der Waals surface area contributed by atoms with E-state index in [2.05, 4.69) is 12.2 Å². The Morgan fingerprint density at radius 1 is 1.35 bits per heavy atom. The molecule has 0 bridgehead atoms. The zero-order chi connectivity index (χ0) is 13.1. The summed E-state index contributed by atoms with van der Waals surface area (Å²) in [5.74, 6) is -0.00467. The average molecular weight is 240 g/mol. The van der Waals surface area contributed by atoms with Gasteiger partial charge in [0.1, 0.15) is 0 Å². The second-order valence-corrected chi connectivity index (χ2v) is 6.09.